The molecule has 3 aromatic carbocycles. The Balaban J connectivity index is 1.51. The second kappa shape index (κ2) is 10.3. The van der Waals surface area contributed by atoms with Crippen LogP contribution in [0.1, 0.15) is 47.4 Å². The number of ether oxygens (including phenoxy) is 2. The number of nitrogens with zero attached hydrogens (tertiary/aromatic N) is 1. The van der Waals surface area contributed by atoms with Crippen LogP contribution in [-0.2, 0) is 10.0 Å². The Bertz CT molecular complexity index is 1460. The third-order valence-electron chi connectivity index (χ3n) is 7.03. The summed E-state index contributed by atoms with van der Waals surface area (Å²) in [5, 5.41) is 10.3. The van der Waals surface area contributed by atoms with E-state index in [4.69, 9.17) is 14.5 Å². The highest BCUT2D eigenvalue weighted by Crippen LogP contribution is 2.45. The predicted molar refractivity (Wildman–Crippen MR) is 140 cm³/mol. The van der Waals surface area contributed by atoms with Gasteiger partial charge in [-0.3, -0.25) is 9.71 Å². The van der Waals surface area contributed by atoms with Gasteiger partial charge in [-0.1, -0.05) is 29.8 Å². The number of sulfonamides is 1. The van der Waals surface area contributed by atoms with Crippen LogP contribution in [0.15, 0.2) is 70.6 Å². The van der Waals surface area contributed by atoms with Crippen molar-refractivity contribution in [3.05, 3.63) is 82.9 Å². The number of benzene rings is 3. The van der Waals surface area contributed by atoms with Crippen molar-refractivity contribution in [2.45, 2.75) is 55.8 Å². The Kier molecular flexibility index (Phi) is 7.11. The van der Waals surface area contributed by atoms with E-state index in [0.717, 1.165) is 11.1 Å². The molecule has 1 aliphatic carbocycles. The molecule has 1 fully saturated rings. The molecule has 0 saturated heterocycles. The first kappa shape index (κ1) is 26.1. The van der Waals surface area contributed by atoms with Crippen LogP contribution < -0.4 is 14.2 Å². The summed E-state index contributed by atoms with van der Waals surface area (Å²) in [6.45, 7) is -1.15. The molecule has 3 unspecified atom stereocenters. The number of rotatable bonds is 7. The Morgan fingerprint density at radius 3 is 2.39 bits per heavy atom. The predicted octanol–water partition coefficient (Wildman–Crippen LogP) is 5.25. The molecule has 200 valence electrons. The van der Waals surface area contributed by atoms with E-state index in [1.54, 1.807) is 54.6 Å². The summed E-state index contributed by atoms with van der Waals surface area (Å²) in [6.07, 6.45) is 1.34. The van der Waals surface area contributed by atoms with Crippen LogP contribution in [0.3, 0.4) is 0 Å². The number of methoxy groups -OCH3 is 1. The molecule has 3 atom stereocenters. The summed E-state index contributed by atoms with van der Waals surface area (Å²) in [5.74, 6) is -0.0104. The molecular weight excluding hydrogens is 514 g/mol. The molecule has 0 spiro atoms. The van der Waals surface area contributed by atoms with Gasteiger partial charge >= 0.3 is 6.61 Å². The van der Waals surface area contributed by atoms with Crippen molar-refractivity contribution < 1.29 is 31.8 Å². The lowest BCUT2D eigenvalue weighted by Gasteiger charge is -2.37. The second-order valence-corrected chi connectivity index (χ2v) is 11.3. The minimum Gasteiger partial charge on any atom is -0.493 e. The largest absolute Gasteiger partial charge is 0.493 e. The summed E-state index contributed by atoms with van der Waals surface area (Å²) in [4.78, 5) is 5.12. The number of anilines is 1. The molecule has 1 saturated carbocycles. The standard InChI is InChI=1S/C28H28F2N2O5S/c1-16-3-10-20(11-4-16)38(34,35)32-18-7-5-17(6-8-18)27-23-15-26(37-28(29)30)25(36-2)14-21(23)22-13-19(33)9-12-24(22)31-27/h3-8,10-11,14-15,19,22,24,28,32-33H,9,12-13H2,1-2H3. The van der Waals surface area contributed by atoms with Crippen molar-refractivity contribution in [2.75, 3.05) is 11.8 Å². The molecule has 0 aromatic heterocycles. The van der Waals surface area contributed by atoms with Gasteiger partial charge in [-0.25, -0.2) is 8.42 Å². The zero-order valence-electron chi connectivity index (χ0n) is 20.9. The van der Waals surface area contributed by atoms with Crippen LogP contribution in [0.4, 0.5) is 14.5 Å². The topological polar surface area (TPSA) is 97.2 Å². The van der Waals surface area contributed by atoms with Gasteiger partial charge in [0.25, 0.3) is 10.0 Å². The molecule has 10 heteroatoms. The van der Waals surface area contributed by atoms with Gasteiger partial charge < -0.3 is 14.6 Å². The average molecular weight is 543 g/mol. The van der Waals surface area contributed by atoms with Gasteiger partial charge in [0, 0.05) is 22.7 Å². The molecule has 5 rings (SSSR count). The van der Waals surface area contributed by atoms with E-state index in [1.807, 2.05) is 6.92 Å². The molecular formula is C28H28F2N2O5S. The maximum absolute atomic E-state index is 13.1. The third-order valence-corrected chi connectivity index (χ3v) is 8.43. The number of fused-ring (bicyclic) bond motifs is 3. The number of aliphatic hydroxyl groups excluding tert-OH is 1. The number of hydrogen-bond acceptors (Lipinski definition) is 6. The highest BCUT2D eigenvalue weighted by molar-refractivity contribution is 7.92. The summed E-state index contributed by atoms with van der Waals surface area (Å²) in [5.41, 5.74) is 4.08. The van der Waals surface area contributed by atoms with E-state index < -0.39 is 22.7 Å². The van der Waals surface area contributed by atoms with Gasteiger partial charge in [0.05, 0.1) is 29.9 Å². The average Bonchev–Trinajstić information content (AvgIpc) is 2.88. The lowest BCUT2D eigenvalue weighted by atomic mass is 9.74. The number of aliphatic hydroxyl groups is 1. The molecule has 2 N–H and O–H groups in total. The minimum absolute atomic E-state index is 0.0902. The summed E-state index contributed by atoms with van der Waals surface area (Å²) in [7, 11) is -2.38. The normalized spacial score (nSPS) is 20.8. The fraction of sp³-hybridized carbons (Fsp3) is 0.321. The van der Waals surface area contributed by atoms with Crippen LogP contribution in [0.25, 0.3) is 0 Å². The Labute approximate surface area is 220 Å². The molecule has 1 heterocycles. The van der Waals surface area contributed by atoms with Crippen molar-refractivity contribution in [1.29, 1.82) is 0 Å². The SMILES string of the molecule is COc1cc2c(cc1OC(F)F)C(c1ccc(NS(=O)(=O)c3ccc(C)cc3)cc1)=NC1CCC(O)CC21. The lowest BCUT2D eigenvalue weighted by molar-refractivity contribution is -0.0512. The second-order valence-electron chi connectivity index (χ2n) is 9.58. The maximum Gasteiger partial charge on any atom is 0.387 e. The van der Waals surface area contributed by atoms with E-state index in [0.29, 0.717) is 41.8 Å². The highest BCUT2D eigenvalue weighted by atomic mass is 32.2. The van der Waals surface area contributed by atoms with Crippen molar-refractivity contribution in [3.63, 3.8) is 0 Å². The first-order valence-electron chi connectivity index (χ1n) is 12.3. The minimum atomic E-state index is -3.77. The monoisotopic (exact) mass is 542 g/mol. The molecule has 0 amide bonds. The van der Waals surface area contributed by atoms with Gasteiger partial charge in [-0.05, 0) is 68.1 Å². The van der Waals surface area contributed by atoms with E-state index in [2.05, 4.69) is 4.72 Å². The van der Waals surface area contributed by atoms with Crippen LogP contribution in [-0.4, -0.2) is 45.1 Å². The first-order valence-corrected chi connectivity index (χ1v) is 13.8. The molecule has 0 bridgehead atoms. The number of aryl methyl sites for hydroxylation is 1. The molecule has 3 aromatic rings. The van der Waals surface area contributed by atoms with Crippen molar-refractivity contribution in [2.24, 2.45) is 4.99 Å². The van der Waals surface area contributed by atoms with Gasteiger partial charge in [0.1, 0.15) is 0 Å². The summed E-state index contributed by atoms with van der Waals surface area (Å²) < 4.78 is 64.5. The first-order chi connectivity index (χ1) is 18.1. The van der Waals surface area contributed by atoms with Crippen LogP contribution in [0.2, 0.25) is 0 Å². The fourth-order valence-electron chi connectivity index (χ4n) is 5.15. The fourth-order valence-corrected chi connectivity index (χ4v) is 6.21. The molecule has 0 radical (unpaired) electrons. The quantitative estimate of drug-likeness (QED) is 0.425. The highest BCUT2D eigenvalue weighted by Gasteiger charge is 2.37. The lowest BCUT2D eigenvalue weighted by Crippen LogP contribution is -2.34. The van der Waals surface area contributed by atoms with E-state index in [9.17, 15) is 22.3 Å². The van der Waals surface area contributed by atoms with Crippen LogP contribution in [0, 0.1) is 6.92 Å². The van der Waals surface area contributed by atoms with Crippen molar-refractivity contribution in [1.82, 2.24) is 0 Å². The van der Waals surface area contributed by atoms with Gasteiger partial charge in [-0.15, -0.1) is 0 Å². The Morgan fingerprint density at radius 2 is 1.74 bits per heavy atom. The van der Waals surface area contributed by atoms with E-state index >= 15 is 0 Å². The van der Waals surface area contributed by atoms with E-state index in [-0.39, 0.29) is 28.4 Å². The maximum atomic E-state index is 13.1. The molecule has 7 nitrogen and oxygen atoms in total. The van der Waals surface area contributed by atoms with Gasteiger partial charge in [-0.2, -0.15) is 8.78 Å². The molecule has 38 heavy (non-hydrogen) atoms. The Hall–Kier alpha value is -3.50. The number of nitrogens with one attached hydrogen (secondary N) is 1. The smallest absolute Gasteiger partial charge is 0.387 e. The van der Waals surface area contributed by atoms with Crippen LogP contribution >= 0.6 is 0 Å². The third kappa shape index (κ3) is 5.23. The summed E-state index contributed by atoms with van der Waals surface area (Å²) in [6, 6.07) is 16.4. The Morgan fingerprint density at radius 1 is 1.03 bits per heavy atom. The van der Waals surface area contributed by atoms with Gasteiger partial charge in [0.15, 0.2) is 11.5 Å². The number of hydrogen-bond donors (Lipinski definition) is 2. The number of halogens is 2. The van der Waals surface area contributed by atoms with Gasteiger partial charge in [0.2, 0.25) is 0 Å². The number of alkyl halides is 2. The zero-order chi connectivity index (χ0) is 27.0. The zero-order valence-corrected chi connectivity index (χ0v) is 21.7. The molecule has 1 aliphatic heterocycles. The van der Waals surface area contributed by atoms with Crippen molar-refractivity contribution >= 4 is 21.4 Å². The van der Waals surface area contributed by atoms with Crippen molar-refractivity contribution in [3.8, 4) is 11.5 Å². The molecule has 2 aliphatic rings. The van der Waals surface area contributed by atoms with E-state index in [1.165, 1.54) is 13.2 Å². The number of aliphatic imine (C=N–C) groups is 1. The van der Waals surface area contributed by atoms with Crippen LogP contribution in [0.5, 0.6) is 11.5 Å². The summed E-state index contributed by atoms with van der Waals surface area (Å²) >= 11 is 0.